The predicted molar refractivity (Wildman–Crippen MR) is 73.4 cm³/mol. The average molecular weight is 271 g/mol. The van der Waals surface area contributed by atoms with Crippen molar-refractivity contribution in [2.45, 2.75) is 32.6 Å². The molecule has 0 radical (unpaired) electrons. The van der Waals surface area contributed by atoms with Crippen LogP contribution in [-0.4, -0.2) is 60.2 Å². The second kappa shape index (κ2) is 7.47. The van der Waals surface area contributed by atoms with Crippen molar-refractivity contribution in [2.75, 3.05) is 34.4 Å². The molecule has 0 saturated heterocycles. The van der Waals surface area contributed by atoms with E-state index < -0.39 is 6.10 Å². The fourth-order valence-electron chi connectivity index (χ4n) is 1.71. The number of rotatable bonds is 8. The molecule has 1 rings (SSSR count). The monoisotopic (exact) mass is 271 g/mol. The maximum atomic E-state index is 10.2. The van der Waals surface area contributed by atoms with Gasteiger partial charge < -0.3 is 19.5 Å². The summed E-state index contributed by atoms with van der Waals surface area (Å²) in [6.45, 7) is 5.66. The van der Waals surface area contributed by atoms with Crippen LogP contribution >= 0.6 is 0 Å². The summed E-state index contributed by atoms with van der Waals surface area (Å²) in [6, 6.07) is 0. The first-order valence-corrected chi connectivity index (χ1v) is 6.49. The Labute approximate surface area is 114 Å². The van der Waals surface area contributed by atoms with Gasteiger partial charge in [-0.3, -0.25) is 4.68 Å². The normalized spacial score (nSPS) is 13.3. The van der Waals surface area contributed by atoms with E-state index >= 15 is 0 Å². The van der Waals surface area contributed by atoms with Gasteiger partial charge in [-0.05, 0) is 27.9 Å². The fourth-order valence-corrected chi connectivity index (χ4v) is 1.71. The Morgan fingerprint density at radius 2 is 2.11 bits per heavy atom. The van der Waals surface area contributed by atoms with Crippen LogP contribution in [0.1, 0.15) is 25.6 Å². The van der Waals surface area contributed by atoms with Gasteiger partial charge in [-0.2, -0.15) is 5.10 Å². The highest BCUT2D eigenvalue weighted by molar-refractivity contribution is 5.27. The molecule has 0 aliphatic rings. The van der Waals surface area contributed by atoms with E-state index in [1.807, 2.05) is 27.9 Å². The van der Waals surface area contributed by atoms with Crippen molar-refractivity contribution in [3.63, 3.8) is 0 Å². The van der Waals surface area contributed by atoms with Gasteiger partial charge in [0.25, 0.3) is 0 Å². The highest BCUT2D eigenvalue weighted by atomic mass is 16.5. The lowest BCUT2D eigenvalue weighted by Gasteiger charge is -2.17. The largest absolute Gasteiger partial charge is 0.493 e. The number of hydrogen-bond donors (Lipinski definition) is 1. The van der Waals surface area contributed by atoms with Crippen LogP contribution in [0.4, 0.5) is 0 Å². The van der Waals surface area contributed by atoms with Crippen LogP contribution < -0.4 is 4.74 Å². The lowest BCUT2D eigenvalue weighted by Crippen LogP contribution is -2.22. The molecule has 110 valence electrons. The third-order valence-electron chi connectivity index (χ3n) is 2.73. The van der Waals surface area contributed by atoms with E-state index in [2.05, 4.69) is 10.00 Å². The first-order chi connectivity index (χ1) is 8.95. The van der Waals surface area contributed by atoms with E-state index in [0.29, 0.717) is 18.0 Å². The first-order valence-electron chi connectivity index (χ1n) is 6.49. The lowest BCUT2D eigenvalue weighted by molar-refractivity contribution is 0.000458. The molecule has 6 nitrogen and oxygen atoms in total. The molecular formula is C13H25N3O3. The minimum Gasteiger partial charge on any atom is -0.493 e. The van der Waals surface area contributed by atoms with Crippen LogP contribution in [0.15, 0.2) is 6.20 Å². The molecule has 1 aromatic heterocycles. The van der Waals surface area contributed by atoms with Crippen LogP contribution in [0.25, 0.3) is 0 Å². The van der Waals surface area contributed by atoms with E-state index in [1.54, 1.807) is 18.0 Å². The Morgan fingerprint density at radius 3 is 2.63 bits per heavy atom. The zero-order valence-electron chi connectivity index (χ0n) is 12.5. The highest BCUT2D eigenvalue weighted by Gasteiger charge is 2.20. The Kier molecular flexibility index (Phi) is 6.27. The molecule has 19 heavy (non-hydrogen) atoms. The van der Waals surface area contributed by atoms with Crippen LogP contribution in [0.2, 0.25) is 0 Å². The number of aliphatic hydroxyl groups is 1. The lowest BCUT2D eigenvalue weighted by atomic mass is 10.2. The summed E-state index contributed by atoms with van der Waals surface area (Å²) in [5.74, 6) is 0.596. The average Bonchev–Trinajstić information content (AvgIpc) is 2.76. The van der Waals surface area contributed by atoms with Gasteiger partial charge in [-0.25, -0.2) is 0 Å². The number of hydrogen-bond acceptors (Lipinski definition) is 5. The van der Waals surface area contributed by atoms with E-state index in [0.717, 1.165) is 6.54 Å². The zero-order valence-corrected chi connectivity index (χ0v) is 12.5. The molecule has 0 amide bonds. The van der Waals surface area contributed by atoms with Gasteiger partial charge in [0.15, 0.2) is 5.75 Å². The van der Waals surface area contributed by atoms with Crippen LogP contribution in [0, 0.1) is 0 Å². The van der Waals surface area contributed by atoms with Crippen molar-refractivity contribution < 1.29 is 14.6 Å². The summed E-state index contributed by atoms with van der Waals surface area (Å²) >= 11 is 0. The first kappa shape index (κ1) is 15.9. The molecule has 1 heterocycles. The van der Waals surface area contributed by atoms with Crippen molar-refractivity contribution in [3.8, 4) is 5.75 Å². The van der Waals surface area contributed by atoms with Crippen LogP contribution in [0.3, 0.4) is 0 Å². The predicted octanol–water partition coefficient (Wildman–Crippen LogP) is 0.912. The van der Waals surface area contributed by atoms with Crippen molar-refractivity contribution in [1.29, 1.82) is 0 Å². The molecule has 1 atom stereocenters. The summed E-state index contributed by atoms with van der Waals surface area (Å²) in [5, 5.41) is 14.5. The van der Waals surface area contributed by atoms with Gasteiger partial charge in [0.05, 0.1) is 32.6 Å². The zero-order chi connectivity index (χ0) is 14.4. The number of methoxy groups -OCH3 is 1. The van der Waals surface area contributed by atoms with Gasteiger partial charge in [0.2, 0.25) is 0 Å². The van der Waals surface area contributed by atoms with Crippen molar-refractivity contribution >= 4 is 0 Å². The summed E-state index contributed by atoms with van der Waals surface area (Å²) in [4.78, 5) is 2.06. The Balaban J connectivity index is 2.79. The van der Waals surface area contributed by atoms with Gasteiger partial charge >= 0.3 is 0 Å². The smallest absolute Gasteiger partial charge is 0.162 e. The minimum absolute atomic E-state index is 0.0822. The third-order valence-corrected chi connectivity index (χ3v) is 2.73. The second-order valence-corrected chi connectivity index (χ2v) is 5.02. The summed E-state index contributed by atoms with van der Waals surface area (Å²) < 4.78 is 12.5. The molecule has 0 aliphatic heterocycles. The molecule has 6 heteroatoms. The number of ether oxygens (including phenoxy) is 2. The molecule has 1 N–H and O–H groups in total. The number of aliphatic hydroxyl groups excluding tert-OH is 1. The van der Waals surface area contributed by atoms with Gasteiger partial charge in [0, 0.05) is 6.54 Å². The SMILES string of the molecule is COc1cnn(CCN(C)C)c1C(O)COC(C)C. The van der Waals surface area contributed by atoms with E-state index in [4.69, 9.17) is 9.47 Å². The molecule has 0 aromatic carbocycles. The molecule has 1 aromatic rings. The molecule has 0 saturated carbocycles. The van der Waals surface area contributed by atoms with Gasteiger partial charge in [0.1, 0.15) is 11.8 Å². The Hall–Kier alpha value is -1.11. The van der Waals surface area contributed by atoms with Crippen molar-refractivity contribution in [1.82, 2.24) is 14.7 Å². The molecule has 0 aliphatic carbocycles. The Morgan fingerprint density at radius 1 is 1.42 bits per heavy atom. The molecular weight excluding hydrogens is 246 g/mol. The molecule has 0 fully saturated rings. The summed E-state index contributed by atoms with van der Waals surface area (Å²) in [6.07, 6.45) is 0.977. The number of likely N-dealkylation sites (N-methyl/N-ethyl adjacent to an activating group) is 1. The fraction of sp³-hybridized carbons (Fsp3) is 0.769. The summed E-state index contributed by atoms with van der Waals surface area (Å²) in [5.41, 5.74) is 0.671. The van der Waals surface area contributed by atoms with Crippen molar-refractivity contribution in [3.05, 3.63) is 11.9 Å². The maximum Gasteiger partial charge on any atom is 0.162 e. The maximum absolute atomic E-state index is 10.2. The van der Waals surface area contributed by atoms with E-state index in [9.17, 15) is 5.11 Å². The highest BCUT2D eigenvalue weighted by Crippen LogP contribution is 2.25. The standard InChI is InChI=1S/C13H25N3O3/c1-10(2)19-9-11(17)13-12(18-5)8-14-16(13)7-6-15(3)4/h8,10-11,17H,6-7,9H2,1-5H3. The Bertz CT molecular complexity index is 377. The summed E-state index contributed by atoms with van der Waals surface area (Å²) in [7, 11) is 5.57. The van der Waals surface area contributed by atoms with Gasteiger partial charge in [-0.15, -0.1) is 0 Å². The molecule has 1 unspecified atom stereocenters. The van der Waals surface area contributed by atoms with Gasteiger partial charge in [-0.1, -0.05) is 0 Å². The van der Waals surface area contributed by atoms with E-state index in [-0.39, 0.29) is 12.7 Å². The third kappa shape index (κ3) is 4.81. The minimum atomic E-state index is -0.734. The topological polar surface area (TPSA) is 59.8 Å². The molecule has 0 spiro atoms. The van der Waals surface area contributed by atoms with Crippen molar-refractivity contribution in [2.24, 2.45) is 0 Å². The number of nitrogens with zero attached hydrogens (tertiary/aromatic N) is 3. The van der Waals surface area contributed by atoms with Crippen LogP contribution in [0.5, 0.6) is 5.75 Å². The quantitative estimate of drug-likeness (QED) is 0.761. The number of aromatic nitrogens is 2. The van der Waals surface area contributed by atoms with Crippen LogP contribution in [-0.2, 0) is 11.3 Å². The molecule has 0 bridgehead atoms. The van der Waals surface area contributed by atoms with E-state index in [1.165, 1.54) is 0 Å². The second-order valence-electron chi connectivity index (χ2n) is 5.02.